The van der Waals surface area contributed by atoms with Crippen molar-refractivity contribution in [3.8, 4) is 17.0 Å². The zero-order chi connectivity index (χ0) is 24.5. The maximum Gasteiger partial charge on any atom is 0.283 e. The molecular weight excluding hydrogens is 452 g/mol. The Kier molecular flexibility index (Phi) is 6.05. The highest BCUT2D eigenvalue weighted by Gasteiger charge is 2.27. The van der Waals surface area contributed by atoms with Gasteiger partial charge in [0.05, 0.1) is 24.5 Å². The number of fused-ring (bicyclic) bond motifs is 1. The van der Waals surface area contributed by atoms with Gasteiger partial charge in [0, 0.05) is 28.3 Å². The topological polar surface area (TPSA) is 111 Å². The number of rotatable bonds is 5. The van der Waals surface area contributed by atoms with Gasteiger partial charge < -0.3 is 4.74 Å². The lowest BCUT2D eigenvalue weighted by Crippen LogP contribution is -2.32. The number of carbonyl (C=O) groups excluding carboxylic acids is 1. The second-order valence-corrected chi connectivity index (χ2v) is 10.3. The molecule has 0 aliphatic carbocycles. The molecule has 1 aromatic carbocycles. The molecule has 0 unspecified atom stereocenters. The van der Waals surface area contributed by atoms with Crippen LogP contribution in [0.2, 0.25) is 0 Å². The molecule has 4 rings (SSSR count). The number of methoxy groups -OCH3 is 1. The molecule has 0 saturated carbocycles. The van der Waals surface area contributed by atoms with Gasteiger partial charge in [0.15, 0.2) is 5.75 Å². The fraction of sp³-hybridized carbons (Fsp3) is 0.200. The third kappa shape index (κ3) is 4.60. The van der Waals surface area contributed by atoms with E-state index in [1.165, 1.54) is 25.4 Å². The minimum absolute atomic E-state index is 0.0293. The van der Waals surface area contributed by atoms with E-state index in [0.29, 0.717) is 11.2 Å². The third-order valence-corrected chi connectivity index (χ3v) is 6.59. The Bertz CT molecular complexity index is 1480. The fourth-order valence-corrected chi connectivity index (χ4v) is 4.58. The lowest BCUT2D eigenvalue weighted by molar-refractivity contribution is 0.0977. The second kappa shape index (κ2) is 8.83. The Labute approximate surface area is 198 Å². The van der Waals surface area contributed by atoms with Gasteiger partial charge in [-0.3, -0.25) is 14.8 Å². The molecule has 0 aliphatic heterocycles. The van der Waals surface area contributed by atoms with Crippen LogP contribution in [0.5, 0.6) is 5.75 Å². The molecule has 0 saturated heterocycles. The molecule has 0 fully saturated rings. The molecule has 34 heavy (non-hydrogen) atoms. The van der Waals surface area contributed by atoms with Crippen LogP contribution in [0.25, 0.3) is 22.2 Å². The summed E-state index contributed by atoms with van der Waals surface area (Å²) in [7, 11) is -2.91. The van der Waals surface area contributed by atoms with Crippen molar-refractivity contribution in [3.05, 3.63) is 78.4 Å². The summed E-state index contributed by atoms with van der Waals surface area (Å²) in [5.41, 5.74) is 2.30. The van der Waals surface area contributed by atoms with E-state index in [9.17, 15) is 13.2 Å². The summed E-state index contributed by atoms with van der Waals surface area (Å²) in [4.78, 5) is 25.8. The summed E-state index contributed by atoms with van der Waals surface area (Å²) >= 11 is 0. The summed E-state index contributed by atoms with van der Waals surface area (Å²) in [6.45, 7) is 5.74. The average Bonchev–Trinajstić information content (AvgIpc) is 2.82. The van der Waals surface area contributed by atoms with Crippen LogP contribution in [0.15, 0.2) is 71.9 Å². The Morgan fingerprint density at radius 2 is 1.79 bits per heavy atom. The minimum Gasteiger partial charge on any atom is -0.494 e. The molecule has 3 aromatic heterocycles. The van der Waals surface area contributed by atoms with Crippen molar-refractivity contribution >= 4 is 26.8 Å². The molecule has 0 bridgehead atoms. The second-order valence-electron chi connectivity index (χ2n) is 8.69. The third-order valence-electron chi connectivity index (χ3n) is 5.24. The fourth-order valence-electron chi connectivity index (χ4n) is 3.45. The maximum atomic E-state index is 13.1. The first-order valence-corrected chi connectivity index (χ1v) is 12.0. The summed E-state index contributed by atoms with van der Waals surface area (Å²) < 4.78 is 33.5. The standard InChI is InChI=1S/C25H24N4O4S/c1-25(2,3)23-14-22(21(33-4)15-27-23)34(31,32)29-24(30)20-12-11-17-16(8-7-10-19(17)28-20)18-9-5-6-13-26-18/h5-15H,1-4H3,(H,29,30). The van der Waals surface area contributed by atoms with E-state index < -0.39 is 21.3 Å². The van der Waals surface area contributed by atoms with E-state index in [1.807, 2.05) is 51.1 Å². The number of amides is 1. The summed E-state index contributed by atoms with van der Waals surface area (Å²) in [5.74, 6) is -0.805. The molecule has 3 heterocycles. The number of pyridine rings is 3. The van der Waals surface area contributed by atoms with E-state index >= 15 is 0 Å². The molecule has 1 amide bonds. The largest absolute Gasteiger partial charge is 0.494 e. The predicted molar refractivity (Wildman–Crippen MR) is 129 cm³/mol. The van der Waals surface area contributed by atoms with Crippen LogP contribution in [0, 0.1) is 0 Å². The molecule has 0 radical (unpaired) electrons. The number of hydrogen-bond donors (Lipinski definition) is 1. The lowest BCUT2D eigenvalue weighted by Gasteiger charge is -2.19. The molecule has 0 spiro atoms. The lowest BCUT2D eigenvalue weighted by atomic mass is 9.92. The Morgan fingerprint density at radius 1 is 1.00 bits per heavy atom. The van der Waals surface area contributed by atoms with Crippen molar-refractivity contribution in [2.24, 2.45) is 0 Å². The smallest absolute Gasteiger partial charge is 0.283 e. The Morgan fingerprint density at radius 3 is 2.47 bits per heavy atom. The molecular formula is C25H24N4O4S. The SMILES string of the molecule is COc1cnc(C(C)(C)C)cc1S(=O)(=O)NC(=O)c1ccc2c(-c3ccccn3)cccc2n1. The average molecular weight is 477 g/mol. The maximum absolute atomic E-state index is 13.1. The molecule has 8 nitrogen and oxygen atoms in total. The van der Waals surface area contributed by atoms with Gasteiger partial charge in [0.2, 0.25) is 0 Å². The number of aromatic nitrogens is 3. The minimum atomic E-state index is -4.25. The van der Waals surface area contributed by atoms with Crippen LogP contribution in [0.4, 0.5) is 0 Å². The molecule has 1 N–H and O–H groups in total. The molecule has 174 valence electrons. The molecule has 0 atom stereocenters. The van der Waals surface area contributed by atoms with Gasteiger partial charge in [0.25, 0.3) is 15.9 Å². The van der Waals surface area contributed by atoms with Gasteiger partial charge in [-0.15, -0.1) is 0 Å². The van der Waals surface area contributed by atoms with Crippen molar-refractivity contribution in [2.75, 3.05) is 7.11 Å². The van der Waals surface area contributed by atoms with Crippen LogP contribution in [-0.2, 0) is 15.4 Å². The zero-order valence-corrected chi connectivity index (χ0v) is 20.1. The summed E-state index contributed by atoms with van der Waals surface area (Å²) in [6.07, 6.45) is 3.04. The van der Waals surface area contributed by atoms with Crippen molar-refractivity contribution in [2.45, 2.75) is 31.1 Å². The highest BCUT2D eigenvalue weighted by atomic mass is 32.2. The first-order chi connectivity index (χ1) is 16.1. The number of benzene rings is 1. The first kappa shape index (κ1) is 23.3. The highest BCUT2D eigenvalue weighted by molar-refractivity contribution is 7.90. The van der Waals surface area contributed by atoms with Crippen molar-refractivity contribution in [3.63, 3.8) is 0 Å². The van der Waals surface area contributed by atoms with E-state index in [0.717, 1.165) is 16.6 Å². The van der Waals surface area contributed by atoms with E-state index in [2.05, 4.69) is 19.7 Å². The van der Waals surface area contributed by atoms with Crippen LogP contribution in [-0.4, -0.2) is 36.4 Å². The summed E-state index contributed by atoms with van der Waals surface area (Å²) in [6, 6.07) is 15.7. The van der Waals surface area contributed by atoms with Crippen molar-refractivity contribution in [1.82, 2.24) is 19.7 Å². The van der Waals surface area contributed by atoms with Gasteiger partial charge in [0.1, 0.15) is 10.6 Å². The first-order valence-electron chi connectivity index (χ1n) is 10.5. The van der Waals surface area contributed by atoms with Crippen LogP contribution < -0.4 is 9.46 Å². The Balaban J connectivity index is 1.68. The van der Waals surface area contributed by atoms with Gasteiger partial charge in [-0.2, -0.15) is 0 Å². The number of hydrogen-bond acceptors (Lipinski definition) is 7. The van der Waals surface area contributed by atoms with E-state index in [-0.39, 0.29) is 16.3 Å². The number of carbonyl (C=O) groups is 1. The number of nitrogens with one attached hydrogen (secondary N) is 1. The van der Waals surface area contributed by atoms with Crippen molar-refractivity contribution < 1.29 is 17.9 Å². The van der Waals surface area contributed by atoms with Gasteiger partial charge >= 0.3 is 0 Å². The van der Waals surface area contributed by atoms with Crippen LogP contribution in [0.3, 0.4) is 0 Å². The van der Waals surface area contributed by atoms with Gasteiger partial charge in [-0.05, 0) is 36.4 Å². The monoisotopic (exact) mass is 476 g/mol. The zero-order valence-electron chi connectivity index (χ0n) is 19.2. The summed E-state index contributed by atoms with van der Waals surface area (Å²) in [5, 5.41) is 0.797. The van der Waals surface area contributed by atoms with Crippen LogP contribution in [0.1, 0.15) is 37.0 Å². The molecule has 0 aliphatic rings. The van der Waals surface area contributed by atoms with Crippen molar-refractivity contribution in [1.29, 1.82) is 0 Å². The van der Waals surface area contributed by atoms with Crippen LogP contribution >= 0.6 is 0 Å². The number of ether oxygens (including phenoxy) is 1. The predicted octanol–water partition coefficient (Wildman–Crippen LogP) is 4.12. The number of nitrogens with zero attached hydrogens (tertiary/aromatic N) is 3. The number of sulfonamides is 1. The normalized spacial score (nSPS) is 11.9. The highest BCUT2D eigenvalue weighted by Crippen LogP contribution is 2.29. The molecule has 4 aromatic rings. The van der Waals surface area contributed by atoms with Gasteiger partial charge in [-0.1, -0.05) is 39.0 Å². The van der Waals surface area contributed by atoms with Gasteiger partial charge in [-0.25, -0.2) is 18.1 Å². The van der Waals surface area contributed by atoms with E-state index in [4.69, 9.17) is 4.74 Å². The quantitative estimate of drug-likeness (QED) is 0.461. The molecule has 9 heteroatoms. The Hall–Kier alpha value is -3.85. The van der Waals surface area contributed by atoms with E-state index in [1.54, 1.807) is 18.3 Å².